The lowest BCUT2D eigenvalue weighted by atomic mass is 10.0. The third kappa shape index (κ3) is 2.75. The fourth-order valence-corrected chi connectivity index (χ4v) is 3.52. The van der Waals surface area contributed by atoms with Crippen LogP contribution in [0.25, 0.3) is 0 Å². The lowest BCUT2D eigenvalue weighted by Gasteiger charge is -2.16. The van der Waals surface area contributed by atoms with Crippen LogP contribution in [0.1, 0.15) is 33.4 Å². The van der Waals surface area contributed by atoms with Crippen LogP contribution in [-0.2, 0) is 0 Å². The van der Waals surface area contributed by atoms with E-state index in [1.807, 2.05) is 39.8 Å². The maximum atomic E-state index is 10.0. The first-order valence-electron chi connectivity index (χ1n) is 7.01. The zero-order chi connectivity index (χ0) is 15.9. The van der Waals surface area contributed by atoms with Gasteiger partial charge in [0, 0.05) is 9.79 Å². The molecular formula is C18H22O2S. The number of benzene rings is 2. The van der Waals surface area contributed by atoms with Crippen molar-refractivity contribution >= 4 is 11.8 Å². The monoisotopic (exact) mass is 302 g/mol. The molecule has 0 aliphatic carbocycles. The number of phenolic OH excluding ortho intramolecular Hbond substituents is 2. The van der Waals surface area contributed by atoms with Crippen molar-refractivity contribution in [3.8, 4) is 11.5 Å². The number of hydrogen-bond acceptors (Lipinski definition) is 3. The van der Waals surface area contributed by atoms with Crippen molar-refractivity contribution in [3.05, 3.63) is 45.5 Å². The van der Waals surface area contributed by atoms with Gasteiger partial charge in [0.25, 0.3) is 0 Å². The van der Waals surface area contributed by atoms with Crippen molar-refractivity contribution in [2.24, 2.45) is 0 Å². The van der Waals surface area contributed by atoms with Gasteiger partial charge in [-0.15, -0.1) is 0 Å². The molecule has 112 valence electrons. The Labute approximate surface area is 130 Å². The summed E-state index contributed by atoms with van der Waals surface area (Å²) in [5, 5.41) is 20.1. The van der Waals surface area contributed by atoms with Gasteiger partial charge in [-0.25, -0.2) is 0 Å². The molecule has 0 amide bonds. The Hall–Kier alpha value is -1.61. The summed E-state index contributed by atoms with van der Waals surface area (Å²) in [5.41, 5.74) is 6.43. The topological polar surface area (TPSA) is 40.5 Å². The average molecular weight is 302 g/mol. The molecule has 2 N–H and O–H groups in total. The van der Waals surface area contributed by atoms with Gasteiger partial charge in [-0.05, 0) is 87.1 Å². The zero-order valence-corrected chi connectivity index (χ0v) is 14.3. The predicted octanol–water partition coefficient (Wildman–Crippen LogP) is 5.10. The van der Waals surface area contributed by atoms with Gasteiger partial charge in [0.05, 0.1) is 0 Å². The van der Waals surface area contributed by atoms with Gasteiger partial charge in [-0.3, -0.25) is 0 Å². The summed E-state index contributed by atoms with van der Waals surface area (Å²) in [6.07, 6.45) is 0. The standard InChI is InChI=1S/C18H22O2S/c1-9-11(3)15(19)7-17(13(9)5)21-18-8-16(20)12(4)10(2)14(18)6/h7-8,19-20H,1-6H3. The van der Waals surface area contributed by atoms with E-state index in [1.54, 1.807) is 11.8 Å². The molecule has 3 heteroatoms. The Bertz CT molecular complexity index is 657. The van der Waals surface area contributed by atoms with Crippen LogP contribution in [0.2, 0.25) is 0 Å². The second-order valence-corrected chi connectivity index (χ2v) is 6.72. The predicted molar refractivity (Wildman–Crippen MR) is 88.8 cm³/mol. The first-order valence-corrected chi connectivity index (χ1v) is 7.83. The molecule has 21 heavy (non-hydrogen) atoms. The molecule has 0 unspecified atom stereocenters. The third-order valence-corrected chi connectivity index (χ3v) is 5.80. The average Bonchev–Trinajstić information content (AvgIpc) is 2.45. The second-order valence-electron chi connectivity index (χ2n) is 5.64. The van der Waals surface area contributed by atoms with Gasteiger partial charge in [0.15, 0.2) is 0 Å². The number of aromatic hydroxyl groups is 2. The van der Waals surface area contributed by atoms with Crippen LogP contribution in [0.5, 0.6) is 11.5 Å². The molecule has 0 saturated carbocycles. The van der Waals surface area contributed by atoms with Gasteiger partial charge >= 0.3 is 0 Å². The van der Waals surface area contributed by atoms with Crippen LogP contribution in [0.4, 0.5) is 0 Å². The molecule has 0 aliphatic rings. The highest BCUT2D eigenvalue weighted by atomic mass is 32.2. The van der Waals surface area contributed by atoms with E-state index in [-0.39, 0.29) is 0 Å². The quantitative estimate of drug-likeness (QED) is 0.811. The molecule has 2 aromatic carbocycles. The lowest BCUT2D eigenvalue weighted by molar-refractivity contribution is 0.468. The van der Waals surface area contributed by atoms with E-state index in [0.717, 1.165) is 32.0 Å². The number of rotatable bonds is 2. The largest absolute Gasteiger partial charge is 0.508 e. The molecule has 0 radical (unpaired) electrons. The number of hydrogen-bond donors (Lipinski definition) is 2. The van der Waals surface area contributed by atoms with Crippen molar-refractivity contribution in [1.82, 2.24) is 0 Å². The van der Waals surface area contributed by atoms with Gasteiger partial charge in [0.1, 0.15) is 11.5 Å². The molecule has 0 aromatic heterocycles. The molecule has 0 atom stereocenters. The van der Waals surface area contributed by atoms with Crippen LogP contribution in [0, 0.1) is 41.5 Å². The molecule has 0 saturated heterocycles. The zero-order valence-electron chi connectivity index (χ0n) is 13.5. The molecule has 2 nitrogen and oxygen atoms in total. The van der Waals surface area contributed by atoms with Crippen LogP contribution >= 0.6 is 11.8 Å². The highest BCUT2D eigenvalue weighted by molar-refractivity contribution is 7.99. The second kappa shape index (κ2) is 5.64. The normalized spacial score (nSPS) is 11.0. The minimum Gasteiger partial charge on any atom is -0.508 e. The van der Waals surface area contributed by atoms with Crippen molar-refractivity contribution < 1.29 is 10.2 Å². The lowest BCUT2D eigenvalue weighted by Crippen LogP contribution is -1.93. The summed E-state index contributed by atoms with van der Waals surface area (Å²) in [4.78, 5) is 2.06. The molecule has 2 aromatic rings. The summed E-state index contributed by atoms with van der Waals surface area (Å²) < 4.78 is 0. The van der Waals surface area contributed by atoms with Gasteiger partial charge in [0.2, 0.25) is 0 Å². The van der Waals surface area contributed by atoms with Gasteiger partial charge in [-0.1, -0.05) is 11.8 Å². The van der Waals surface area contributed by atoms with Crippen LogP contribution in [-0.4, -0.2) is 10.2 Å². The van der Waals surface area contributed by atoms with E-state index < -0.39 is 0 Å². The Morgan fingerprint density at radius 3 is 1.24 bits per heavy atom. The fraction of sp³-hybridized carbons (Fsp3) is 0.333. The Kier molecular flexibility index (Phi) is 4.24. The highest BCUT2D eigenvalue weighted by Gasteiger charge is 2.14. The minimum absolute atomic E-state index is 0.325. The minimum atomic E-state index is 0.325. The van der Waals surface area contributed by atoms with E-state index in [4.69, 9.17) is 0 Å². The van der Waals surface area contributed by atoms with E-state index >= 15 is 0 Å². The van der Waals surface area contributed by atoms with E-state index in [2.05, 4.69) is 13.8 Å². The molecule has 0 spiro atoms. The summed E-state index contributed by atoms with van der Waals surface area (Å²) in [6, 6.07) is 3.63. The van der Waals surface area contributed by atoms with Gasteiger partial charge < -0.3 is 10.2 Å². The third-order valence-electron chi connectivity index (χ3n) is 4.51. The highest BCUT2D eigenvalue weighted by Crippen LogP contribution is 2.40. The summed E-state index contributed by atoms with van der Waals surface area (Å²) >= 11 is 1.59. The molecular weight excluding hydrogens is 280 g/mol. The van der Waals surface area contributed by atoms with Crippen LogP contribution < -0.4 is 0 Å². The van der Waals surface area contributed by atoms with E-state index in [0.29, 0.717) is 11.5 Å². The Balaban J connectivity index is 2.54. The van der Waals surface area contributed by atoms with E-state index in [1.165, 1.54) is 11.1 Å². The summed E-state index contributed by atoms with van der Waals surface area (Å²) in [5.74, 6) is 0.651. The van der Waals surface area contributed by atoms with Crippen molar-refractivity contribution in [3.63, 3.8) is 0 Å². The molecule has 0 bridgehead atoms. The SMILES string of the molecule is Cc1c(O)cc(Sc2cc(O)c(C)c(C)c2C)c(C)c1C. The summed E-state index contributed by atoms with van der Waals surface area (Å²) in [7, 11) is 0. The van der Waals surface area contributed by atoms with E-state index in [9.17, 15) is 10.2 Å². The maximum Gasteiger partial charge on any atom is 0.119 e. The number of phenols is 2. The molecule has 2 rings (SSSR count). The van der Waals surface area contributed by atoms with Crippen molar-refractivity contribution in [2.45, 2.75) is 51.3 Å². The van der Waals surface area contributed by atoms with Crippen LogP contribution in [0.15, 0.2) is 21.9 Å². The van der Waals surface area contributed by atoms with Crippen LogP contribution in [0.3, 0.4) is 0 Å². The molecule has 0 fully saturated rings. The van der Waals surface area contributed by atoms with Crippen molar-refractivity contribution in [2.75, 3.05) is 0 Å². The maximum absolute atomic E-state index is 10.0. The Morgan fingerprint density at radius 1 is 0.571 bits per heavy atom. The van der Waals surface area contributed by atoms with Crippen molar-refractivity contribution in [1.29, 1.82) is 0 Å². The fourth-order valence-electron chi connectivity index (χ4n) is 2.33. The molecule has 0 aliphatic heterocycles. The Morgan fingerprint density at radius 2 is 0.905 bits per heavy atom. The smallest absolute Gasteiger partial charge is 0.119 e. The molecule has 0 heterocycles. The summed E-state index contributed by atoms with van der Waals surface area (Å²) in [6.45, 7) is 12.1. The first kappa shape index (κ1) is 15.8. The first-order chi connectivity index (χ1) is 9.73. The van der Waals surface area contributed by atoms with Gasteiger partial charge in [-0.2, -0.15) is 0 Å².